The van der Waals surface area contributed by atoms with Crippen molar-refractivity contribution >= 4 is 49.4 Å². The summed E-state index contributed by atoms with van der Waals surface area (Å²) in [4.78, 5) is 11.3. The molecule has 0 saturated heterocycles. The third kappa shape index (κ3) is 5.57. The molecule has 1 amide bonds. The first-order valence-corrected chi connectivity index (χ1v) is 6.63. The molecule has 0 saturated carbocycles. The van der Waals surface area contributed by atoms with Crippen LogP contribution in [0.5, 0.6) is 5.75 Å². The van der Waals surface area contributed by atoms with Crippen LogP contribution >= 0.6 is 43.5 Å². The van der Waals surface area contributed by atoms with Gasteiger partial charge >= 0.3 is 0 Å². The van der Waals surface area contributed by atoms with Crippen molar-refractivity contribution in [2.75, 3.05) is 13.2 Å². The molecular weight excluding hydrogens is 373 g/mol. The lowest BCUT2D eigenvalue weighted by Gasteiger charge is -2.08. The molecule has 1 N–H and O–H groups in total. The van der Waals surface area contributed by atoms with Crippen molar-refractivity contribution in [3.63, 3.8) is 0 Å². The molecule has 0 fully saturated rings. The van der Waals surface area contributed by atoms with Gasteiger partial charge in [-0.1, -0.05) is 34.1 Å². The molecule has 1 rings (SSSR count). The van der Waals surface area contributed by atoms with E-state index >= 15 is 0 Å². The van der Waals surface area contributed by atoms with E-state index in [1.54, 1.807) is 6.07 Å². The molecule has 0 aromatic heterocycles. The van der Waals surface area contributed by atoms with Gasteiger partial charge in [-0.25, -0.2) is 0 Å². The maximum Gasteiger partial charge on any atom is 0.258 e. The quantitative estimate of drug-likeness (QED) is 0.846. The van der Waals surface area contributed by atoms with E-state index in [9.17, 15) is 4.79 Å². The van der Waals surface area contributed by atoms with Gasteiger partial charge in [-0.3, -0.25) is 4.79 Å². The van der Waals surface area contributed by atoms with E-state index in [4.69, 9.17) is 16.3 Å². The maximum atomic E-state index is 11.3. The molecule has 0 heterocycles. The van der Waals surface area contributed by atoms with Crippen LogP contribution in [0.4, 0.5) is 0 Å². The van der Waals surface area contributed by atoms with Crippen LogP contribution in [0.15, 0.2) is 38.8 Å². The number of hydrogen-bond donors (Lipinski definition) is 1. The number of carbonyl (C=O) groups is 1. The van der Waals surface area contributed by atoms with Crippen molar-refractivity contribution < 1.29 is 9.53 Å². The molecular formula is C11H10Br2ClNO2. The SMILES string of the molecule is C=C(Cl)CNC(=O)COc1ccc(Br)cc1Br. The molecule has 0 aliphatic carbocycles. The molecule has 3 nitrogen and oxygen atoms in total. The van der Waals surface area contributed by atoms with Gasteiger partial charge in [0.25, 0.3) is 5.91 Å². The highest BCUT2D eigenvalue weighted by atomic mass is 79.9. The fourth-order valence-corrected chi connectivity index (χ4v) is 2.21. The summed E-state index contributed by atoms with van der Waals surface area (Å²) in [6.45, 7) is 3.64. The van der Waals surface area contributed by atoms with Gasteiger partial charge in [-0.05, 0) is 34.1 Å². The van der Waals surface area contributed by atoms with Crippen LogP contribution in [0.1, 0.15) is 0 Å². The van der Waals surface area contributed by atoms with Crippen molar-refractivity contribution in [3.8, 4) is 5.75 Å². The lowest BCUT2D eigenvalue weighted by Crippen LogP contribution is -2.29. The fraction of sp³-hybridized carbons (Fsp3) is 0.182. The molecule has 0 spiro atoms. The molecule has 0 aliphatic heterocycles. The van der Waals surface area contributed by atoms with Gasteiger partial charge in [0.15, 0.2) is 6.61 Å². The summed E-state index contributed by atoms with van der Waals surface area (Å²) in [7, 11) is 0. The summed E-state index contributed by atoms with van der Waals surface area (Å²) in [5, 5.41) is 2.94. The predicted octanol–water partition coefficient (Wildman–Crippen LogP) is 3.46. The molecule has 0 atom stereocenters. The minimum Gasteiger partial charge on any atom is -0.483 e. The Hall–Kier alpha value is -0.520. The molecule has 1 aromatic rings. The zero-order chi connectivity index (χ0) is 12.8. The van der Waals surface area contributed by atoms with E-state index in [0.29, 0.717) is 10.8 Å². The van der Waals surface area contributed by atoms with E-state index in [1.165, 1.54) is 0 Å². The van der Waals surface area contributed by atoms with E-state index in [-0.39, 0.29) is 19.1 Å². The van der Waals surface area contributed by atoms with Gasteiger partial charge in [0, 0.05) is 9.51 Å². The van der Waals surface area contributed by atoms with E-state index in [2.05, 4.69) is 43.8 Å². The number of halogens is 3. The zero-order valence-corrected chi connectivity index (χ0v) is 12.7. The number of hydrogen-bond acceptors (Lipinski definition) is 2. The van der Waals surface area contributed by atoms with Gasteiger partial charge in [0.1, 0.15) is 5.75 Å². The molecule has 1 aromatic carbocycles. The second-order valence-corrected chi connectivity index (χ2v) is 5.46. The molecule has 17 heavy (non-hydrogen) atoms. The Morgan fingerprint density at radius 1 is 1.47 bits per heavy atom. The van der Waals surface area contributed by atoms with Crippen molar-refractivity contribution in [2.24, 2.45) is 0 Å². The van der Waals surface area contributed by atoms with Gasteiger partial charge in [0.2, 0.25) is 0 Å². The normalized spacial score (nSPS) is 9.82. The number of benzene rings is 1. The van der Waals surface area contributed by atoms with Crippen LogP contribution in [-0.4, -0.2) is 19.1 Å². The largest absolute Gasteiger partial charge is 0.483 e. The fourth-order valence-electron chi connectivity index (χ4n) is 0.981. The summed E-state index contributed by atoms with van der Waals surface area (Å²) in [6, 6.07) is 5.44. The standard InChI is InChI=1S/C11H10Br2ClNO2/c1-7(14)5-15-11(16)6-17-10-3-2-8(12)4-9(10)13/h2-4H,1,5-6H2,(H,15,16). The molecule has 0 radical (unpaired) electrons. The van der Waals surface area contributed by atoms with Crippen LogP contribution < -0.4 is 10.1 Å². The smallest absolute Gasteiger partial charge is 0.258 e. The third-order valence-electron chi connectivity index (χ3n) is 1.73. The predicted molar refractivity (Wildman–Crippen MR) is 75.3 cm³/mol. The van der Waals surface area contributed by atoms with Crippen LogP contribution in [-0.2, 0) is 4.79 Å². The lowest BCUT2D eigenvalue weighted by atomic mass is 10.3. The van der Waals surface area contributed by atoms with Crippen LogP contribution in [0.3, 0.4) is 0 Å². The number of carbonyl (C=O) groups excluding carboxylic acids is 1. The highest BCUT2D eigenvalue weighted by Crippen LogP contribution is 2.27. The van der Waals surface area contributed by atoms with E-state index < -0.39 is 0 Å². The minimum absolute atomic E-state index is 0.0651. The number of rotatable bonds is 5. The first-order chi connectivity index (χ1) is 7.99. The van der Waals surface area contributed by atoms with Gasteiger partial charge in [0.05, 0.1) is 11.0 Å². The second-order valence-electron chi connectivity index (χ2n) is 3.16. The Kier molecular flexibility index (Phi) is 6.02. The van der Waals surface area contributed by atoms with Crippen molar-refractivity contribution in [1.82, 2.24) is 5.32 Å². The van der Waals surface area contributed by atoms with Crippen LogP contribution in [0.2, 0.25) is 0 Å². The van der Waals surface area contributed by atoms with Crippen LogP contribution in [0.25, 0.3) is 0 Å². The summed E-state index contributed by atoms with van der Waals surface area (Å²) < 4.78 is 7.04. The monoisotopic (exact) mass is 381 g/mol. The van der Waals surface area contributed by atoms with Crippen LogP contribution in [0, 0.1) is 0 Å². The Balaban J connectivity index is 2.44. The average molecular weight is 383 g/mol. The Morgan fingerprint density at radius 2 is 2.18 bits per heavy atom. The Bertz CT molecular complexity index is 437. The number of ether oxygens (including phenoxy) is 1. The first-order valence-electron chi connectivity index (χ1n) is 4.67. The summed E-state index contributed by atoms with van der Waals surface area (Å²) in [5.41, 5.74) is 0. The van der Waals surface area contributed by atoms with E-state index in [0.717, 1.165) is 8.95 Å². The van der Waals surface area contributed by atoms with Gasteiger partial charge in [-0.2, -0.15) is 0 Å². The van der Waals surface area contributed by atoms with Gasteiger partial charge in [-0.15, -0.1) is 0 Å². The van der Waals surface area contributed by atoms with Crippen molar-refractivity contribution in [3.05, 3.63) is 38.8 Å². The summed E-state index contributed by atoms with van der Waals surface area (Å²) >= 11 is 12.2. The molecule has 0 aliphatic rings. The highest BCUT2D eigenvalue weighted by molar-refractivity contribution is 9.11. The Morgan fingerprint density at radius 3 is 2.76 bits per heavy atom. The van der Waals surface area contributed by atoms with Crippen molar-refractivity contribution in [2.45, 2.75) is 0 Å². The lowest BCUT2D eigenvalue weighted by molar-refractivity contribution is -0.122. The van der Waals surface area contributed by atoms with Crippen molar-refractivity contribution in [1.29, 1.82) is 0 Å². The second kappa shape index (κ2) is 7.03. The molecule has 0 unspecified atom stereocenters. The summed E-state index contributed by atoms with van der Waals surface area (Å²) in [5.74, 6) is 0.356. The summed E-state index contributed by atoms with van der Waals surface area (Å²) in [6.07, 6.45) is 0. The van der Waals surface area contributed by atoms with Gasteiger partial charge < -0.3 is 10.1 Å². The number of amides is 1. The first kappa shape index (κ1) is 14.5. The molecule has 0 bridgehead atoms. The molecule has 92 valence electrons. The Labute approximate surface area is 121 Å². The third-order valence-corrected chi connectivity index (χ3v) is 2.98. The average Bonchev–Trinajstić information content (AvgIpc) is 2.25. The number of nitrogens with one attached hydrogen (secondary N) is 1. The minimum atomic E-state index is -0.249. The van der Waals surface area contributed by atoms with E-state index in [1.807, 2.05) is 12.1 Å². The zero-order valence-electron chi connectivity index (χ0n) is 8.80. The topological polar surface area (TPSA) is 38.3 Å². The highest BCUT2D eigenvalue weighted by Gasteiger charge is 2.05. The molecule has 6 heteroatoms. The maximum absolute atomic E-state index is 11.3.